The van der Waals surface area contributed by atoms with Crippen molar-refractivity contribution in [1.82, 2.24) is 0 Å². The molecule has 82 valence electrons. The molecule has 2 N–H and O–H groups in total. The molecule has 0 atom stereocenters. The summed E-state index contributed by atoms with van der Waals surface area (Å²) in [6.07, 6.45) is 2.96. The molecule has 1 aromatic carbocycles. The van der Waals surface area contributed by atoms with Gasteiger partial charge in [-0.2, -0.15) is 0 Å². The van der Waals surface area contributed by atoms with E-state index in [2.05, 4.69) is 43.1 Å². The Hall–Kier alpha value is -1.31. The fourth-order valence-electron chi connectivity index (χ4n) is 1.55. The van der Waals surface area contributed by atoms with E-state index >= 15 is 0 Å². The average molecular weight is 204 g/mol. The molecule has 0 unspecified atom stereocenters. The molecule has 0 fully saturated rings. The van der Waals surface area contributed by atoms with Crippen molar-refractivity contribution in [2.75, 3.05) is 6.54 Å². The summed E-state index contributed by atoms with van der Waals surface area (Å²) < 4.78 is 0. The Bertz CT molecular complexity index is 329. The predicted molar refractivity (Wildman–Crippen MR) is 66.3 cm³/mol. The molecule has 1 aromatic rings. The molecule has 0 amide bonds. The van der Waals surface area contributed by atoms with Gasteiger partial charge in [-0.15, -0.1) is 0 Å². The molecule has 0 aromatic heterocycles. The van der Waals surface area contributed by atoms with E-state index in [1.54, 1.807) is 0 Å². The summed E-state index contributed by atoms with van der Waals surface area (Å²) in [6, 6.07) is 8.42. The van der Waals surface area contributed by atoms with Gasteiger partial charge in [0.05, 0.1) is 5.84 Å². The molecular formula is C13H20N2. The van der Waals surface area contributed by atoms with Gasteiger partial charge in [0.2, 0.25) is 0 Å². The maximum atomic E-state index is 5.74. The molecule has 0 aliphatic heterocycles. The highest BCUT2D eigenvalue weighted by atomic mass is 14.8. The smallest absolute Gasteiger partial charge is 0.0937 e. The summed E-state index contributed by atoms with van der Waals surface area (Å²) in [7, 11) is 0. The number of rotatable bonds is 5. The zero-order valence-corrected chi connectivity index (χ0v) is 9.66. The van der Waals surface area contributed by atoms with E-state index in [-0.39, 0.29) is 0 Å². The summed E-state index contributed by atoms with van der Waals surface area (Å²) in [4.78, 5) is 4.34. The SMILES string of the molecule is CCCC(N)=NCCc1ccccc1C. The summed E-state index contributed by atoms with van der Waals surface area (Å²) in [5.41, 5.74) is 8.44. The van der Waals surface area contributed by atoms with Crippen molar-refractivity contribution in [2.24, 2.45) is 10.7 Å². The van der Waals surface area contributed by atoms with E-state index in [9.17, 15) is 0 Å². The summed E-state index contributed by atoms with van der Waals surface area (Å²) in [5.74, 6) is 0.783. The first-order valence-corrected chi connectivity index (χ1v) is 5.57. The van der Waals surface area contributed by atoms with Crippen LogP contribution in [0.4, 0.5) is 0 Å². The van der Waals surface area contributed by atoms with Crippen LogP contribution in [0.15, 0.2) is 29.3 Å². The van der Waals surface area contributed by atoms with E-state index in [4.69, 9.17) is 5.73 Å². The number of hydrogen-bond acceptors (Lipinski definition) is 1. The van der Waals surface area contributed by atoms with Crippen molar-refractivity contribution >= 4 is 5.84 Å². The van der Waals surface area contributed by atoms with Crippen LogP contribution < -0.4 is 5.73 Å². The van der Waals surface area contributed by atoms with Gasteiger partial charge in [0.1, 0.15) is 0 Å². The Labute approximate surface area is 92.2 Å². The van der Waals surface area contributed by atoms with Gasteiger partial charge < -0.3 is 5.73 Å². The van der Waals surface area contributed by atoms with Crippen LogP contribution in [0.3, 0.4) is 0 Å². The normalized spacial score (nSPS) is 11.7. The number of aliphatic imine (C=N–C) groups is 1. The van der Waals surface area contributed by atoms with Gasteiger partial charge in [0.15, 0.2) is 0 Å². The zero-order valence-electron chi connectivity index (χ0n) is 9.66. The minimum absolute atomic E-state index is 0.783. The molecular weight excluding hydrogens is 184 g/mol. The second-order valence-electron chi connectivity index (χ2n) is 3.80. The Balaban J connectivity index is 2.44. The molecule has 0 saturated heterocycles. The lowest BCUT2D eigenvalue weighted by Crippen LogP contribution is -2.12. The van der Waals surface area contributed by atoms with Crippen LogP contribution in [-0.2, 0) is 6.42 Å². The zero-order chi connectivity index (χ0) is 11.1. The highest BCUT2D eigenvalue weighted by Gasteiger charge is 1.96. The molecule has 2 nitrogen and oxygen atoms in total. The summed E-state index contributed by atoms with van der Waals surface area (Å²) in [5, 5.41) is 0. The van der Waals surface area contributed by atoms with Gasteiger partial charge in [0, 0.05) is 13.0 Å². The van der Waals surface area contributed by atoms with Crippen LogP contribution in [0.5, 0.6) is 0 Å². The number of aryl methyl sites for hydroxylation is 1. The van der Waals surface area contributed by atoms with Gasteiger partial charge >= 0.3 is 0 Å². The molecule has 0 radical (unpaired) electrons. The number of benzene rings is 1. The molecule has 15 heavy (non-hydrogen) atoms. The topological polar surface area (TPSA) is 38.4 Å². The fourth-order valence-corrected chi connectivity index (χ4v) is 1.55. The molecule has 2 heteroatoms. The van der Waals surface area contributed by atoms with Crippen LogP contribution in [0.1, 0.15) is 30.9 Å². The molecule has 0 bridgehead atoms. The standard InChI is InChI=1S/C13H20N2/c1-3-6-13(14)15-10-9-12-8-5-4-7-11(12)2/h4-5,7-8H,3,6,9-10H2,1-2H3,(H2,14,15). The average Bonchev–Trinajstić information content (AvgIpc) is 2.21. The number of nitrogens with zero attached hydrogens (tertiary/aromatic N) is 1. The number of nitrogens with two attached hydrogens (primary N) is 1. The third-order valence-corrected chi connectivity index (χ3v) is 2.46. The van der Waals surface area contributed by atoms with Crippen LogP contribution in [0, 0.1) is 6.92 Å². The van der Waals surface area contributed by atoms with Crippen molar-refractivity contribution in [3.63, 3.8) is 0 Å². The maximum Gasteiger partial charge on any atom is 0.0937 e. The van der Waals surface area contributed by atoms with Gasteiger partial charge in [-0.3, -0.25) is 4.99 Å². The lowest BCUT2D eigenvalue weighted by atomic mass is 10.1. The largest absolute Gasteiger partial charge is 0.387 e. The van der Waals surface area contributed by atoms with Crippen LogP contribution >= 0.6 is 0 Å². The Morgan fingerprint density at radius 3 is 2.73 bits per heavy atom. The highest BCUT2D eigenvalue weighted by Crippen LogP contribution is 2.07. The molecule has 0 spiro atoms. The fraction of sp³-hybridized carbons (Fsp3) is 0.462. The molecule has 0 aliphatic rings. The molecule has 1 rings (SSSR count). The lowest BCUT2D eigenvalue weighted by molar-refractivity contribution is 0.921. The van der Waals surface area contributed by atoms with E-state index in [1.165, 1.54) is 11.1 Å². The third kappa shape index (κ3) is 4.15. The van der Waals surface area contributed by atoms with Crippen molar-refractivity contribution in [2.45, 2.75) is 33.1 Å². The van der Waals surface area contributed by atoms with E-state index < -0.39 is 0 Å². The van der Waals surface area contributed by atoms with E-state index in [0.717, 1.165) is 31.6 Å². The van der Waals surface area contributed by atoms with Gasteiger partial charge in [-0.05, 0) is 30.9 Å². The quantitative estimate of drug-likeness (QED) is 0.581. The number of hydrogen-bond donors (Lipinski definition) is 1. The van der Waals surface area contributed by atoms with E-state index in [0.29, 0.717) is 0 Å². The first kappa shape index (κ1) is 11.8. The van der Waals surface area contributed by atoms with Gasteiger partial charge in [-0.1, -0.05) is 31.2 Å². The summed E-state index contributed by atoms with van der Waals surface area (Å²) >= 11 is 0. The van der Waals surface area contributed by atoms with Crippen LogP contribution in [-0.4, -0.2) is 12.4 Å². The first-order valence-electron chi connectivity index (χ1n) is 5.57. The first-order chi connectivity index (χ1) is 7.24. The summed E-state index contributed by atoms with van der Waals surface area (Å²) in [6.45, 7) is 5.05. The highest BCUT2D eigenvalue weighted by molar-refractivity contribution is 5.80. The van der Waals surface area contributed by atoms with E-state index in [1.807, 2.05) is 0 Å². The Morgan fingerprint density at radius 2 is 2.07 bits per heavy atom. The lowest BCUT2D eigenvalue weighted by Gasteiger charge is -2.03. The monoisotopic (exact) mass is 204 g/mol. The predicted octanol–water partition coefficient (Wildman–Crippen LogP) is 2.69. The van der Waals surface area contributed by atoms with Crippen molar-refractivity contribution in [1.29, 1.82) is 0 Å². The second-order valence-corrected chi connectivity index (χ2v) is 3.80. The van der Waals surface area contributed by atoms with Crippen LogP contribution in [0.2, 0.25) is 0 Å². The minimum Gasteiger partial charge on any atom is -0.387 e. The maximum absolute atomic E-state index is 5.74. The minimum atomic E-state index is 0.783. The Morgan fingerprint density at radius 1 is 1.33 bits per heavy atom. The van der Waals surface area contributed by atoms with Crippen molar-refractivity contribution < 1.29 is 0 Å². The number of amidine groups is 1. The van der Waals surface area contributed by atoms with Crippen molar-refractivity contribution in [3.05, 3.63) is 35.4 Å². The molecule has 0 heterocycles. The van der Waals surface area contributed by atoms with Gasteiger partial charge in [0.25, 0.3) is 0 Å². The molecule has 0 aliphatic carbocycles. The van der Waals surface area contributed by atoms with Crippen molar-refractivity contribution in [3.8, 4) is 0 Å². The van der Waals surface area contributed by atoms with Gasteiger partial charge in [-0.25, -0.2) is 0 Å². The van der Waals surface area contributed by atoms with Crippen LogP contribution in [0.25, 0.3) is 0 Å². The third-order valence-electron chi connectivity index (χ3n) is 2.46. The Kier molecular flexibility index (Phi) is 4.88. The second kappa shape index (κ2) is 6.23. The molecule has 0 saturated carbocycles.